The number of hydrogen-bond donors (Lipinski definition) is 0. The van der Waals surface area contributed by atoms with Gasteiger partial charge in [0.15, 0.2) is 0 Å². The quantitative estimate of drug-likeness (QED) is 0.473. The Morgan fingerprint density at radius 3 is 2.23 bits per heavy atom. The molecule has 3 aromatic carbocycles. The molecule has 0 spiro atoms. The van der Waals surface area contributed by atoms with Gasteiger partial charge in [-0.15, -0.1) is 0 Å². The fourth-order valence-electron chi connectivity index (χ4n) is 4.01. The largest absolute Gasteiger partial charge is 0.497 e. The minimum atomic E-state index is -3.96. The normalized spacial score (nSPS) is 14.0. The first-order valence-corrected chi connectivity index (χ1v) is 13.1. The highest BCUT2D eigenvalue weighted by molar-refractivity contribution is 7.92. The second-order valence-corrected chi connectivity index (χ2v) is 10.7. The molecule has 0 bridgehead atoms. The second-order valence-electron chi connectivity index (χ2n) is 8.37. The number of halogens is 1. The third-order valence-corrected chi connectivity index (χ3v) is 8.08. The number of benzene rings is 3. The van der Waals surface area contributed by atoms with Crippen molar-refractivity contribution in [1.82, 2.24) is 4.90 Å². The van der Waals surface area contributed by atoms with E-state index in [1.807, 2.05) is 31.2 Å². The van der Waals surface area contributed by atoms with E-state index >= 15 is 0 Å². The first kappa shape index (κ1) is 24.9. The Kier molecular flexibility index (Phi) is 7.52. The highest BCUT2D eigenvalue weighted by Gasteiger charge is 2.30. The van der Waals surface area contributed by atoms with Crippen molar-refractivity contribution in [3.63, 3.8) is 0 Å². The summed E-state index contributed by atoms with van der Waals surface area (Å²) in [4.78, 5) is 17.3. The van der Waals surface area contributed by atoms with Gasteiger partial charge in [0, 0.05) is 36.9 Å². The first-order chi connectivity index (χ1) is 16.8. The molecule has 9 heteroatoms. The molecule has 3 aromatic rings. The smallest absolute Gasteiger partial charge is 0.264 e. The number of rotatable bonds is 7. The predicted octanol–water partition coefficient (Wildman–Crippen LogP) is 4.20. The summed E-state index contributed by atoms with van der Waals surface area (Å²) in [6.45, 7) is 3.86. The minimum absolute atomic E-state index is 0.137. The molecule has 0 radical (unpaired) electrons. The molecule has 1 saturated heterocycles. The van der Waals surface area contributed by atoms with Crippen LogP contribution in [0, 0.1) is 6.92 Å². The molecular formula is C26H28ClN3O4S. The zero-order chi connectivity index (χ0) is 25.0. The van der Waals surface area contributed by atoms with Gasteiger partial charge in [0.1, 0.15) is 12.3 Å². The van der Waals surface area contributed by atoms with Crippen molar-refractivity contribution in [2.75, 3.05) is 49.0 Å². The molecule has 1 aliphatic heterocycles. The van der Waals surface area contributed by atoms with E-state index in [-0.39, 0.29) is 17.3 Å². The zero-order valence-corrected chi connectivity index (χ0v) is 21.3. The van der Waals surface area contributed by atoms with Crippen LogP contribution in [0.15, 0.2) is 77.7 Å². The van der Waals surface area contributed by atoms with Gasteiger partial charge in [-0.05, 0) is 61.5 Å². The topological polar surface area (TPSA) is 70.2 Å². The highest BCUT2D eigenvalue weighted by Crippen LogP contribution is 2.27. The van der Waals surface area contributed by atoms with Crippen molar-refractivity contribution >= 4 is 38.9 Å². The van der Waals surface area contributed by atoms with Crippen LogP contribution in [0.1, 0.15) is 5.56 Å². The molecule has 35 heavy (non-hydrogen) atoms. The number of aryl methyl sites for hydroxylation is 1. The molecule has 0 saturated carbocycles. The molecule has 0 atom stereocenters. The van der Waals surface area contributed by atoms with Crippen LogP contribution >= 0.6 is 11.6 Å². The standard InChI is InChI=1S/C26H28ClN3O4S/c1-20-6-12-25(13-7-20)35(32,33)30(22-8-10-24(34-2)11-9-22)19-26(31)29-16-14-28(15-17-29)23-5-3-4-21(27)18-23/h3-13,18H,14-17,19H2,1-2H3. The molecule has 0 unspecified atom stereocenters. The monoisotopic (exact) mass is 513 g/mol. The van der Waals surface area contributed by atoms with Crippen LogP contribution in [-0.2, 0) is 14.8 Å². The van der Waals surface area contributed by atoms with Crippen LogP contribution in [0.5, 0.6) is 5.75 Å². The molecule has 1 aliphatic rings. The number of hydrogen-bond acceptors (Lipinski definition) is 5. The molecule has 1 heterocycles. The lowest BCUT2D eigenvalue weighted by atomic mass is 10.2. The van der Waals surface area contributed by atoms with Crippen LogP contribution < -0.4 is 13.9 Å². The number of anilines is 2. The summed E-state index contributed by atoms with van der Waals surface area (Å²) >= 11 is 6.12. The number of nitrogens with zero attached hydrogens (tertiary/aromatic N) is 3. The van der Waals surface area contributed by atoms with E-state index in [0.29, 0.717) is 42.6 Å². The van der Waals surface area contributed by atoms with Crippen LogP contribution in [0.25, 0.3) is 0 Å². The average Bonchev–Trinajstić information content (AvgIpc) is 2.87. The molecule has 4 rings (SSSR count). The van der Waals surface area contributed by atoms with Gasteiger partial charge in [-0.25, -0.2) is 8.42 Å². The van der Waals surface area contributed by atoms with E-state index in [9.17, 15) is 13.2 Å². The summed E-state index contributed by atoms with van der Waals surface area (Å²) < 4.78 is 33.6. The summed E-state index contributed by atoms with van der Waals surface area (Å²) in [6.07, 6.45) is 0. The number of carbonyl (C=O) groups excluding carboxylic acids is 1. The number of ether oxygens (including phenoxy) is 1. The van der Waals surface area contributed by atoms with Crippen molar-refractivity contribution in [2.45, 2.75) is 11.8 Å². The number of carbonyl (C=O) groups is 1. The molecule has 0 N–H and O–H groups in total. The van der Waals surface area contributed by atoms with E-state index in [0.717, 1.165) is 11.3 Å². The molecule has 1 fully saturated rings. The van der Waals surface area contributed by atoms with Gasteiger partial charge in [0.25, 0.3) is 10.0 Å². The van der Waals surface area contributed by atoms with Crippen molar-refractivity contribution in [2.24, 2.45) is 0 Å². The maximum absolute atomic E-state index is 13.6. The Morgan fingerprint density at radius 2 is 1.63 bits per heavy atom. The van der Waals surface area contributed by atoms with Gasteiger partial charge < -0.3 is 14.5 Å². The maximum Gasteiger partial charge on any atom is 0.264 e. The Bertz CT molecular complexity index is 1270. The Labute approximate surface area is 211 Å². The maximum atomic E-state index is 13.6. The van der Waals surface area contributed by atoms with Gasteiger partial charge in [0.2, 0.25) is 5.91 Å². The van der Waals surface area contributed by atoms with E-state index in [2.05, 4.69) is 4.90 Å². The first-order valence-electron chi connectivity index (χ1n) is 11.3. The van der Waals surface area contributed by atoms with Gasteiger partial charge in [0.05, 0.1) is 17.7 Å². The van der Waals surface area contributed by atoms with Crippen molar-refractivity contribution in [3.8, 4) is 5.75 Å². The molecule has 0 aliphatic carbocycles. The molecule has 1 amide bonds. The number of piperazine rings is 1. The van der Waals surface area contributed by atoms with Crippen molar-refractivity contribution in [3.05, 3.63) is 83.4 Å². The zero-order valence-electron chi connectivity index (χ0n) is 19.7. The lowest BCUT2D eigenvalue weighted by Gasteiger charge is -2.37. The van der Waals surface area contributed by atoms with Crippen molar-refractivity contribution in [1.29, 1.82) is 0 Å². The van der Waals surface area contributed by atoms with Crippen LogP contribution in [-0.4, -0.2) is 59.1 Å². The fourth-order valence-corrected chi connectivity index (χ4v) is 5.61. The minimum Gasteiger partial charge on any atom is -0.497 e. The summed E-state index contributed by atoms with van der Waals surface area (Å²) in [5.41, 5.74) is 2.36. The van der Waals surface area contributed by atoms with Gasteiger partial charge in [-0.1, -0.05) is 35.4 Å². The summed E-state index contributed by atoms with van der Waals surface area (Å²) in [5.74, 6) is 0.354. The fraction of sp³-hybridized carbons (Fsp3) is 0.269. The van der Waals surface area contributed by atoms with Crippen LogP contribution in [0.4, 0.5) is 11.4 Å². The molecular weight excluding hydrogens is 486 g/mol. The van der Waals surface area contributed by atoms with Gasteiger partial charge in [-0.3, -0.25) is 9.10 Å². The Balaban J connectivity index is 1.54. The SMILES string of the molecule is COc1ccc(N(CC(=O)N2CCN(c3cccc(Cl)c3)CC2)S(=O)(=O)c2ccc(C)cc2)cc1. The van der Waals surface area contributed by atoms with Crippen molar-refractivity contribution < 1.29 is 17.9 Å². The summed E-state index contributed by atoms with van der Waals surface area (Å²) in [7, 11) is -2.42. The molecule has 7 nitrogen and oxygen atoms in total. The van der Waals surface area contributed by atoms with E-state index < -0.39 is 10.0 Å². The Morgan fingerprint density at radius 1 is 0.971 bits per heavy atom. The number of methoxy groups -OCH3 is 1. The second kappa shape index (κ2) is 10.6. The van der Waals surface area contributed by atoms with Gasteiger partial charge >= 0.3 is 0 Å². The van der Waals surface area contributed by atoms with E-state index in [4.69, 9.17) is 16.3 Å². The summed E-state index contributed by atoms with van der Waals surface area (Å²) in [5, 5.41) is 0.664. The summed E-state index contributed by atoms with van der Waals surface area (Å²) in [6, 6.07) is 20.9. The van der Waals surface area contributed by atoms with Crippen LogP contribution in [0.3, 0.4) is 0 Å². The number of amides is 1. The van der Waals surface area contributed by atoms with Gasteiger partial charge in [-0.2, -0.15) is 0 Å². The highest BCUT2D eigenvalue weighted by atomic mass is 35.5. The van der Waals surface area contributed by atoms with Crippen LogP contribution in [0.2, 0.25) is 5.02 Å². The lowest BCUT2D eigenvalue weighted by Crippen LogP contribution is -2.52. The van der Waals surface area contributed by atoms with E-state index in [1.165, 1.54) is 4.31 Å². The van der Waals surface area contributed by atoms with E-state index in [1.54, 1.807) is 60.5 Å². The molecule has 0 aromatic heterocycles. The predicted molar refractivity (Wildman–Crippen MR) is 139 cm³/mol. The number of sulfonamides is 1. The average molecular weight is 514 g/mol. The molecule has 184 valence electrons. The Hall–Kier alpha value is -3.23. The third-order valence-electron chi connectivity index (χ3n) is 6.05. The third kappa shape index (κ3) is 5.71. The lowest BCUT2D eigenvalue weighted by molar-refractivity contribution is -0.129.